The van der Waals surface area contributed by atoms with Gasteiger partial charge in [-0.05, 0) is 71.7 Å². The Morgan fingerprint density at radius 1 is 0.459 bits per heavy atom. The van der Waals surface area contributed by atoms with E-state index in [1.165, 1.54) is 153 Å². The van der Waals surface area contributed by atoms with Crippen molar-refractivity contribution in [1.29, 1.82) is 0 Å². The van der Waals surface area contributed by atoms with Gasteiger partial charge in [-0.2, -0.15) is 11.8 Å². The van der Waals surface area contributed by atoms with Crippen molar-refractivity contribution >= 4 is 11.8 Å². The molecule has 0 radical (unpaired) electrons. The van der Waals surface area contributed by atoms with Crippen LogP contribution in [-0.2, 0) is 0 Å². The smallest absolute Gasteiger partial charge is 0.00675 e. The first-order valence-corrected chi connectivity index (χ1v) is 18.4. The van der Waals surface area contributed by atoms with Gasteiger partial charge in [-0.1, -0.05) is 157 Å². The summed E-state index contributed by atoms with van der Waals surface area (Å²) in [6, 6.07) is 0. The highest BCUT2D eigenvalue weighted by Crippen LogP contribution is 2.43. The first-order valence-electron chi connectivity index (χ1n) is 17.3. The Labute approximate surface area is 240 Å². The third kappa shape index (κ3) is 14.5. The van der Waals surface area contributed by atoms with Crippen molar-refractivity contribution in [3.8, 4) is 0 Å². The molecule has 2 saturated carbocycles. The van der Waals surface area contributed by atoms with E-state index in [0.29, 0.717) is 10.8 Å². The first-order chi connectivity index (χ1) is 17.7. The van der Waals surface area contributed by atoms with Crippen molar-refractivity contribution in [1.82, 2.24) is 0 Å². The number of unbranched alkanes of at least 4 members (excludes halogenated alkanes) is 8. The lowest BCUT2D eigenvalue weighted by Crippen LogP contribution is -2.29. The van der Waals surface area contributed by atoms with E-state index >= 15 is 0 Å². The summed E-state index contributed by atoms with van der Waals surface area (Å²) in [5, 5.41) is 0. The molecule has 0 spiro atoms. The van der Waals surface area contributed by atoms with Crippen LogP contribution in [0.3, 0.4) is 0 Å². The van der Waals surface area contributed by atoms with Crippen LogP contribution in [0.2, 0.25) is 0 Å². The summed E-state index contributed by atoms with van der Waals surface area (Å²) < 4.78 is 0. The molecule has 0 aliphatic heterocycles. The normalized spacial score (nSPS) is 20.3. The highest BCUT2D eigenvalue weighted by Gasteiger charge is 2.33. The molecule has 0 aromatic carbocycles. The Morgan fingerprint density at radius 2 is 0.784 bits per heavy atom. The molecule has 0 aromatic heterocycles. The molecule has 37 heavy (non-hydrogen) atoms. The van der Waals surface area contributed by atoms with E-state index in [0.717, 1.165) is 23.7 Å². The van der Waals surface area contributed by atoms with Gasteiger partial charge in [-0.15, -0.1) is 0 Å². The van der Waals surface area contributed by atoms with Gasteiger partial charge in [0.05, 0.1) is 0 Å². The van der Waals surface area contributed by atoms with Gasteiger partial charge in [0.1, 0.15) is 0 Å². The van der Waals surface area contributed by atoms with Gasteiger partial charge < -0.3 is 0 Å². The number of rotatable bonds is 18. The van der Waals surface area contributed by atoms with E-state index in [-0.39, 0.29) is 0 Å². The van der Waals surface area contributed by atoms with Crippen LogP contribution >= 0.6 is 11.8 Å². The van der Waals surface area contributed by atoms with E-state index < -0.39 is 0 Å². The Bertz CT molecular complexity index is 478. The highest BCUT2D eigenvalue weighted by molar-refractivity contribution is 7.99. The van der Waals surface area contributed by atoms with Gasteiger partial charge in [0.15, 0.2) is 0 Å². The molecule has 2 rings (SSSR count). The van der Waals surface area contributed by atoms with Crippen molar-refractivity contribution in [2.45, 2.75) is 183 Å². The van der Waals surface area contributed by atoms with Crippen LogP contribution in [0.25, 0.3) is 0 Å². The maximum absolute atomic E-state index is 2.50. The molecule has 0 heterocycles. The zero-order valence-corrected chi connectivity index (χ0v) is 27.5. The molecular formula is C36H70S. The largest absolute Gasteiger partial charge is 0.162 e. The highest BCUT2D eigenvalue weighted by atomic mass is 32.2. The lowest BCUT2D eigenvalue weighted by Gasteiger charge is -2.39. The molecule has 0 saturated heterocycles. The van der Waals surface area contributed by atoms with Crippen molar-refractivity contribution < 1.29 is 0 Å². The molecule has 0 bridgehead atoms. The molecule has 2 aliphatic carbocycles. The van der Waals surface area contributed by atoms with Gasteiger partial charge in [-0.3, -0.25) is 0 Å². The molecule has 1 heteroatoms. The molecule has 0 amide bonds. The Balaban J connectivity index is 1.40. The molecule has 0 N–H and O–H groups in total. The van der Waals surface area contributed by atoms with E-state index in [4.69, 9.17) is 0 Å². The Kier molecular flexibility index (Phi) is 16.9. The first kappa shape index (κ1) is 33.6. The van der Waals surface area contributed by atoms with Gasteiger partial charge >= 0.3 is 0 Å². The molecule has 0 aromatic rings. The molecule has 2 fully saturated rings. The SMILES string of the molecule is CC(C)(C)C(CCCCCCCSCCCCCCCC(C1CCCCC1)C(C)(C)C)C1CCCCC1. The maximum atomic E-state index is 2.50. The van der Waals surface area contributed by atoms with Crippen molar-refractivity contribution in [2.24, 2.45) is 34.5 Å². The Morgan fingerprint density at radius 3 is 1.14 bits per heavy atom. The summed E-state index contributed by atoms with van der Waals surface area (Å²) in [6.45, 7) is 15.0. The van der Waals surface area contributed by atoms with Gasteiger partial charge in [0.2, 0.25) is 0 Å². The van der Waals surface area contributed by atoms with E-state index in [1.807, 2.05) is 0 Å². The van der Waals surface area contributed by atoms with Crippen molar-refractivity contribution in [2.75, 3.05) is 11.5 Å². The molecular weight excluding hydrogens is 464 g/mol. The molecule has 2 aliphatic rings. The molecule has 2 unspecified atom stereocenters. The number of thioether (sulfide) groups is 1. The quantitative estimate of drug-likeness (QED) is 0.158. The van der Waals surface area contributed by atoms with Crippen LogP contribution in [0.5, 0.6) is 0 Å². The third-order valence-electron chi connectivity index (χ3n) is 10.3. The zero-order chi connectivity index (χ0) is 27.0. The summed E-state index contributed by atoms with van der Waals surface area (Å²) in [6.07, 6.45) is 32.6. The fourth-order valence-electron chi connectivity index (χ4n) is 8.12. The number of hydrogen-bond acceptors (Lipinski definition) is 1. The maximum Gasteiger partial charge on any atom is -0.00675 e. The minimum atomic E-state index is 0.502. The minimum Gasteiger partial charge on any atom is -0.162 e. The zero-order valence-electron chi connectivity index (χ0n) is 26.7. The summed E-state index contributed by atoms with van der Waals surface area (Å²) in [4.78, 5) is 0. The topological polar surface area (TPSA) is 0 Å². The monoisotopic (exact) mass is 535 g/mol. The van der Waals surface area contributed by atoms with Gasteiger partial charge in [-0.25, -0.2) is 0 Å². The number of hydrogen-bond donors (Lipinski definition) is 0. The fourth-order valence-corrected chi connectivity index (χ4v) is 9.14. The third-order valence-corrected chi connectivity index (χ3v) is 11.4. The van der Waals surface area contributed by atoms with E-state index in [1.54, 1.807) is 0 Å². The fraction of sp³-hybridized carbons (Fsp3) is 1.00. The van der Waals surface area contributed by atoms with Crippen LogP contribution in [0, 0.1) is 34.5 Å². The summed E-state index contributed by atoms with van der Waals surface area (Å²) in [7, 11) is 0. The second-order valence-corrected chi connectivity index (χ2v) is 16.7. The van der Waals surface area contributed by atoms with Crippen LogP contribution in [0.1, 0.15) is 183 Å². The average molecular weight is 535 g/mol. The van der Waals surface area contributed by atoms with Crippen LogP contribution in [0.4, 0.5) is 0 Å². The van der Waals surface area contributed by atoms with Crippen molar-refractivity contribution in [3.63, 3.8) is 0 Å². The summed E-state index contributed by atoms with van der Waals surface area (Å²) >= 11 is 2.23. The average Bonchev–Trinajstić information content (AvgIpc) is 2.85. The second kappa shape index (κ2) is 18.7. The minimum absolute atomic E-state index is 0.502. The van der Waals surface area contributed by atoms with Crippen LogP contribution < -0.4 is 0 Å². The van der Waals surface area contributed by atoms with Gasteiger partial charge in [0.25, 0.3) is 0 Å². The lowest BCUT2D eigenvalue weighted by atomic mass is 9.66. The van der Waals surface area contributed by atoms with Crippen LogP contribution in [0.15, 0.2) is 0 Å². The van der Waals surface area contributed by atoms with Crippen molar-refractivity contribution in [3.05, 3.63) is 0 Å². The standard InChI is InChI=1S/C36H70S/c1-35(2,3)33(31-23-15-13-16-24-31)27-19-9-7-11-21-29-37-30-22-12-8-10-20-28-34(36(4,5)6)32-25-17-14-18-26-32/h31-34H,7-30H2,1-6H3. The summed E-state index contributed by atoms with van der Waals surface area (Å²) in [5.74, 6) is 6.77. The molecule has 220 valence electrons. The Hall–Kier alpha value is 0.350. The molecule has 0 nitrogen and oxygen atoms in total. The van der Waals surface area contributed by atoms with E-state index in [2.05, 4.69) is 53.3 Å². The predicted molar refractivity (Wildman–Crippen MR) is 172 cm³/mol. The summed E-state index contributed by atoms with van der Waals surface area (Å²) in [5.41, 5.74) is 1.00. The van der Waals surface area contributed by atoms with Crippen LogP contribution in [-0.4, -0.2) is 11.5 Å². The van der Waals surface area contributed by atoms with E-state index in [9.17, 15) is 0 Å². The molecule has 2 atom stereocenters. The lowest BCUT2D eigenvalue weighted by molar-refractivity contribution is 0.112. The van der Waals surface area contributed by atoms with Gasteiger partial charge in [0, 0.05) is 0 Å². The predicted octanol–water partition coefficient (Wildman–Crippen LogP) is 12.9. The second-order valence-electron chi connectivity index (χ2n) is 15.5.